The van der Waals surface area contributed by atoms with Gasteiger partial charge < -0.3 is 4.42 Å². The monoisotopic (exact) mass is 629 g/mol. The Labute approximate surface area is 282 Å². The standard InChI is InChI=1S/C45H31N3O/c1-45(2)35-19-9-7-16-31(35)41-40(45)42(33-18-11-21-38-39(33)32-17-8-10-20-37(32)49-38)47-44(46-41)48-36-25-28-14-4-3-13-27(28)24-34(36)30-23-22-26-12-5-6-15-29(26)43(30)48/h3-13,15-25,28H,14H2,1-2H3. The van der Waals surface area contributed by atoms with E-state index < -0.39 is 0 Å². The van der Waals surface area contributed by atoms with Gasteiger partial charge >= 0.3 is 0 Å². The summed E-state index contributed by atoms with van der Waals surface area (Å²) < 4.78 is 8.76. The molecular formula is C45H31N3O. The van der Waals surface area contributed by atoms with E-state index in [1.165, 1.54) is 38.1 Å². The van der Waals surface area contributed by atoms with Gasteiger partial charge in [-0.3, -0.25) is 4.57 Å². The molecule has 11 rings (SSSR count). The molecule has 8 aromatic rings. The van der Waals surface area contributed by atoms with Gasteiger partial charge in [0.1, 0.15) is 11.2 Å². The van der Waals surface area contributed by atoms with Crippen molar-refractivity contribution in [3.05, 3.63) is 149 Å². The first-order valence-electron chi connectivity index (χ1n) is 17.1. The molecule has 0 aliphatic heterocycles. The molecule has 4 heteroatoms. The Bertz CT molecular complexity index is 2950. The lowest BCUT2D eigenvalue weighted by molar-refractivity contribution is 0.656. The highest BCUT2D eigenvalue weighted by Gasteiger charge is 2.40. The van der Waals surface area contributed by atoms with Gasteiger partial charge in [0.15, 0.2) is 0 Å². The maximum atomic E-state index is 6.41. The average molecular weight is 630 g/mol. The lowest BCUT2D eigenvalue weighted by Gasteiger charge is -2.24. The smallest absolute Gasteiger partial charge is 0.235 e. The van der Waals surface area contributed by atoms with Crippen LogP contribution in [0.2, 0.25) is 0 Å². The molecule has 1 unspecified atom stereocenters. The fourth-order valence-electron chi connectivity index (χ4n) is 8.83. The average Bonchev–Trinajstić information content (AvgIpc) is 3.76. The van der Waals surface area contributed by atoms with Gasteiger partial charge in [0.2, 0.25) is 5.95 Å². The molecule has 3 aliphatic rings. The molecule has 5 aromatic carbocycles. The fraction of sp³-hybridized carbons (Fsp3) is 0.111. The van der Waals surface area contributed by atoms with Crippen LogP contribution in [0.4, 0.5) is 0 Å². The second kappa shape index (κ2) is 9.55. The number of aromatic nitrogens is 3. The quantitative estimate of drug-likeness (QED) is 0.191. The number of rotatable bonds is 2. The summed E-state index contributed by atoms with van der Waals surface area (Å²) in [5.41, 5.74) is 10.6. The zero-order valence-electron chi connectivity index (χ0n) is 27.2. The number of para-hydroxylation sites is 1. The third-order valence-electron chi connectivity index (χ3n) is 11.1. The van der Waals surface area contributed by atoms with Gasteiger partial charge in [-0.1, -0.05) is 129 Å². The molecule has 0 N–H and O–H groups in total. The van der Waals surface area contributed by atoms with Gasteiger partial charge in [0.25, 0.3) is 0 Å². The number of allylic oxidation sites excluding steroid dienone is 4. The van der Waals surface area contributed by atoms with Gasteiger partial charge in [0.05, 0.1) is 22.3 Å². The van der Waals surface area contributed by atoms with Crippen LogP contribution in [0.25, 0.3) is 84.2 Å². The molecule has 3 aliphatic carbocycles. The number of benzene rings is 5. The number of fused-ring (bicyclic) bond motifs is 12. The first kappa shape index (κ1) is 27.0. The van der Waals surface area contributed by atoms with Crippen molar-refractivity contribution in [2.24, 2.45) is 5.92 Å². The van der Waals surface area contributed by atoms with Crippen LogP contribution in [0, 0.1) is 5.92 Å². The van der Waals surface area contributed by atoms with Crippen LogP contribution < -0.4 is 10.6 Å². The molecule has 0 radical (unpaired) electrons. The number of furan rings is 1. The Hall–Kier alpha value is -6.00. The van der Waals surface area contributed by atoms with E-state index in [0.29, 0.717) is 11.9 Å². The van der Waals surface area contributed by atoms with Crippen molar-refractivity contribution in [1.82, 2.24) is 14.5 Å². The zero-order valence-corrected chi connectivity index (χ0v) is 27.2. The van der Waals surface area contributed by atoms with Crippen LogP contribution in [0.5, 0.6) is 0 Å². The van der Waals surface area contributed by atoms with E-state index in [-0.39, 0.29) is 5.41 Å². The van der Waals surface area contributed by atoms with Gasteiger partial charge in [-0.2, -0.15) is 0 Å². The SMILES string of the molecule is CC1(C)c2ccccc2-c2nc(-n3c4c(c5ccc6ccccc6c53)=CC3=CC=CCC3C=4)nc(-c3cccc4oc5ccccc5c34)c21. The zero-order chi connectivity index (χ0) is 32.4. The Morgan fingerprint density at radius 1 is 0.735 bits per heavy atom. The fourth-order valence-corrected chi connectivity index (χ4v) is 8.83. The van der Waals surface area contributed by atoms with Crippen LogP contribution in [0.1, 0.15) is 31.4 Å². The van der Waals surface area contributed by atoms with Gasteiger partial charge in [-0.15, -0.1) is 0 Å². The summed E-state index contributed by atoms with van der Waals surface area (Å²) >= 11 is 0. The van der Waals surface area contributed by atoms with Crippen LogP contribution in [0.15, 0.2) is 131 Å². The molecule has 0 spiro atoms. The summed E-state index contributed by atoms with van der Waals surface area (Å²) in [5, 5.41) is 8.18. The minimum Gasteiger partial charge on any atom is -0.456 e. The molecule has 0 fully saturated rings. The second-order valence-electron chi connectivity index (χ2n) is 14.1. The van der Waals surface area contributed by atoms with Crippen molar-refractivity contribution in [3.8, 4) is 28.5 Å². The van der Waals surface area contributed by atoms with Crippen LogP contribution in [-0.2, 0) is 5.41 Å². The van der Waals surface area contributed by atoms with E-state index in [1.807, 2.05) is 12.1 Å². The number of nitrogens with zero attached hydrogens (tertiary/aromatic N) is 3. The third kappa shape index (κ3) is 3.58. The summed E-state index contributed by atoms with van der Waals surface area (Å²) in [6, 6.07) is 36.6. The predicted molar refractivity (Wildman–Crippen MR) is 200 cm³/mol. The summed E-state index contributed by atoms with van der Waals surface area (Å²) in [6.45, 7) is 4.62. The van der Waals surface area contributed by atoms with Crippen LogP contribution in [0.3, 0.4) is 0 Å². The first-order chi connectivity index (χ1) is 24.1. The molecule has 0 saturated heterocycles. The molecule has 3 heterocycles. The lowest BCUT2D eigenvalue weighted by Crippen LogP contribution is -2.34. The van der Waals surface area contributed by atoms with Crippen molar-refractivity contribution in [2.75, 3.05) is 0 Å². The van der Waals surface area contributed by atoms with Gasteiger partial charge in [-0.05, 0) is 41.2 Å². The Balaban J connectivity index is 1.33. The van der Waals surface area contributed by atoms with Gasteiger partial charge in [0, 0.05) is 54.8 Å². The lowest BCUT2D eigenvalue weighted by atomic mass is 9.80. The maximum Gasteiger partial charge on any atom is 0.235 e. The Kier molecular flexibility index (Phi) is 5.26. The minimum atomic E-state index is -0.305. The second-order valence-corrected chi connectivity index (χ2v) is 14.1. The maximum absolute atomic E-state index is 6.41. The Morgan fingerprint density at radius 3 is 2.41 bits per heavy atom. The van der Waals surface area contributed by atoms with E-state index in [4.69, 9.17) is 14.4 Å². The summed E-state index contributed by atoms with van der Waals surface area (Å²) in [6.07, 6.45) is 12.5. The van der Waals surface area contributed by atoms with E-state index in [1.54, 1.807) is 0 Å². The normalized spacial score (nSPS) is 17.0. The van der Waals surface area contributed by atoms with Crippen LogP contribution >= 0.6 is 0 Å². The van der Waals surface area contributed by atoms with Crippen molar-refractivity contribution in [3.63, 3.8) is 0 Å². The molecule has 4 nitrogen and oxygen atoms in total. The highest BCUT2D eigenvalue weighted by atomic mass is 16.3. The molecule has 1 atom stereocenters. The van der Waals surface area contributed by atoms with E-state index >= 15 is 0 Å². The van der Waals surface area contributed by atoms with Crippen molar-refractivity contribution >= 4 is 55.8 Å². The highest BCUT2D eigenvalue weighted by molar-refractivity contribution is 6.13. The largest absolute Gasteiger partial charge is 0.456 e. The van der Waals surface area contributed by atoms with E-state index in [2.05, 4.69) is 140 Å². The van der Waals surface area contributed by atoms with E-state index in [9.17, 15) is 0 Å². The molecule has 0 bridgehead atoms. The highest BCUT2D eigenvalue weighted by Crippen LogP contribution is 2.52. The molecule has 0 saturated carbocycles. The topological polar surface area (TPSA) is 43.9 Å². The van der Waals surface area contributed by atoms with Crippen molar-refractivity contribution in [2.45, 2.75) is 25.7 Å². The minimum absolute atomic E-state index is 0.305. The summed E-state index contributed by atoms with van der Waals surface area (Å²) in [4.78, 5) is 11.3. The molecular weight excluding hydrogens is 599 g/mol. The first-order valence-corrected chi connectivity index (χ1v) is 17.1. The van der Waals surface area contributed by atoms with Gasteiger partial charge in [-0.25, -0.2) is 9.97 Å². The number of hydrogen-bond donors (Lipinski definition) is 0. The molecule has 49 heavy (non-hydrogen) atoms. The van der Waals surface area contributed by atoms with Crippen molar-refractivity contribution in [1.29, 1.82) is 0 Å². The Morgan fingerprint density at radius 2 is 1.49 bits per heavy atom. The molecule has 3 aromatic heterocycles. The number of hydrogen-bond acceptors (Lipinski definition) is 3. The predicted octanol–water partition coefficient (Wildman–Crippen LogP) is 9.52. The summed E-state index contributed by atoms with van der Waals surface area (Å²) in [5.74, 6) is 1.00. The summed E-state index contributed by atoms with van der Waals surface area (Å²) in [7, 11) is 0. The molecule has 232 valence electrons. The third-order valence-corrected chi connectivity index (χ3v) is 11.1. The van der Waals surface area contributed by atoms with Crippen LogP contribution in [-0.4, -0.2) is 14.5 Å². The van der Waals surface area contributed by atoms with E-state index in [0.717, 1.165) is 61.7 Å². The molecule has 0 amide bonds. The van der Waals surface area contributed by atoms with Crippen molar-refractivity contribution < 1.29 is 4.42 Å².